The largest absolute Gasteiger partial charge is 0.417 e. The first kappa shape index (κ1) is 38.0. The topological polar surface area (TPSA) is 176 Å². The van der Waals surface area contributed by atoms with Gasteiger partial charge >= 0.3 is 12.2 Å². The van der Waals surface area contributed by atoms with Crippen molar-refractivity contribution in [1.82, 2.24) is 29.8 Å². The summed E-state index contributed by atoms with van der Waals surface area (Å²) in [6.45, 7) is 3.81. The van der Waals surface area contributed by atoms with Crippen LogP contribution >= 0.6 is 11.6 Å². The van der Waals surface area contributed by atoms with E-state index >= 15 is 0 Å². The minimum atomic E-state index is -4.64. The van der Waals surface area contributed by atoms with Crippen LogP contribution in [0, 0.1) is 13.8 Å². The number of H-pyrrole nitrogens is 1. The van der Waals surface area contributed by atoms with Crippen molar-refractivity contribution in [3.63, 3.8) is 0 Å². The Kier molecular flexibility index (Phi) is 11.1. The smallest absolute Gasteiger partial charge is 0.337 e. The molecule has 0 aliphatic rings. The highest BCUT2D eigenvalue weighted by atomic mass is 35.5. The third-order valence-electron chi connectivity index (χ3n) is 7.56. The lowest BCUT2D eigenvalue weighted by atomic mass is 10.1. The van der Waals surface area contributed by atoms with Gasteiger partial charge < -0.3 is 5.32 Å². The van der Waals surface area contributed by atoms with Crippen LogP contribution in [0.4, 0.5) is 18.0 Å². The summed E-state index contributed by atoms with van der Waals surface area (Å²) in [6, 6.07) is 22.1. The summed E-state index contributed by atoms with van der Waals surface area (Å²) in [5.74, 6) is 0.341. The van der Waals surface area contributed by atoms with Gasteiger partial charge in [0.1, 0.15) is 5.69 Å². The number of urea groups is 1. The fourth-order valence-corrected chi connectivity index (χ4v) is 6.59. The molecule has 4 N–H and O–H groups in total. The second-order valence-corrected chi connectivity index (χ2v) is 14.9. The van der Waals surface area contributed by atoms with Gasteiger partial charge in [-0.2, -0.15) is 26.7 Å². The van der Waals surface area contributed by atoms with Crippen molar-refractivity contribution in [1.29, 1.82) is 0 Å². The number of halogens is 4. The number of nitrogens with zero attached hydrogens (tertiary/aromatic N) is 3. The molecule has 0 spiro atoms. The average Bonchev–Trinajstić information content (AvgIpc) is 3.73. The molecule has 4 aromatic carbocycles. The summed E-state index contributed by atoms with van der Waals surface area (Å²) in [4.78, 5) is 16.5. The van der Waals surface area contributed by atoms with Crippen molar-refractivity contribution in [3.8, 4) is 17.2 Å². The fraction of sp³-hybridized carbons (Fsp3) is 0.147. The molecule has 0 saturated heterocycles. The Morgan fingerprint density at radius 1 is 0.885 bits per heavy atom. The summed E-state index contributed by atoms with van der Waals surface area (Å²) in [5, 5.41) is 8.78. The number of carbonyl (C=O) groups is 1. The molecule has 0 saturated carbocycles. The number of sulfonamides is 1. The highest BCUT2D eigenvalue weighted by Gasteiger charge is 2.34. The Morgan fingerprint density at radius 2 is 1.48 bits per heavy atom. The van der Waals surface area contributed by atoms with Gasteiger partial charge in [-0.1, -0.05) is 59.1 Å². The van der Waals surface area contributed by atoms with E-state index in [4.69, 9.17) is 16.2 Å². The molecule has 6 aromatic rings. The van der Waals surface area contributed by atoms with Crippen molar-refractivity contribution in [3.05, 3.63) is 124 Å². The van der Waals surface area contributed by atoms with E-state index in [0.29, 0.717) is 29.1 Å². The predicted octanol–water partition coefficient (Wildman–Crippen LogP) is 6.87. The number of alkyl halides is 3. The van der Waals surface area contributed by atoms with E-state index in [1.54, 1.807) is 59.2 Å². The zero-order chi connectivity index (χ0) is 37.8. The first-order chi connectivity index (χ1) is 24.4. The maximum Gasteiger partial charge on any atom is 0.417 e. The summed E-state index contributed by atoms with van der Waals surface area (Å²) in [6.07, 6.45) is -2.75. The number of nitrogens with one attached hydrogen (secondary N) is 3. The maximum atomic E-state index is 13.5. The third kappa shape index (κ3) is 9.16. The van der Waals surface area contributed by atoms with Gasteiger partial charge in [-0.15, -0.1) is 0 Å². The molecule has 0 aliphatic heterocycles. The summed E-state index contributed by atoms with van der Waals surface area (Å²) in [7, 11) is -8.03. The summed E-state index contributed by atoms with van der Waals surface area (Å²) >= 11 is 6.01. The number of hydrogen-bond donors (Lipinski definition) is 4. The van der Waals surface area contributed by atoms with Gasteiger partial charge in [-0.05, 0) is 80.4 Å². The zero-order valence-electron chi connectivity index (χ0n) is 27.3. The second kappa shape index (κ2) is 15.2. The standard InChI is InChI=1S/C27H22ClF3N6O3S.C7H8O3S/c1-16-2-8-19(9-3-16)41(39,40)36-26(38)32-12-10-17-4-6-18(7-5-17)37-24-15-21(28)20(27(29,30)31)14-23(24)34-25(37)22-11-13-33-35-22;1-6-2-4-7(5-3-6)11(8,9)10/h2-9,11,13-15H,10,12H2,1H3,(H,33,35)(H2,32,36,38);2-5H,1H3,(H,8,9,10). The van der Waals surface area contributed by atoms with Crippen LogP contribution in [0.5, 0.6) is 0 Å². The van der Waals surface area contributed by atoms with Gasteiger partial charge in [0.2, 0.25) is 0 Å². The number of aryl methyl sites for hydroxylation is 2. The molecular formula is C34H30ClF3N6O6S2. The van der Waals surface area contributed by atoms with Crippen molar-refractivity contribution in [2.45, 2.75) is 36.2 Å². The Labute approximate surface area is 301 Å². The van der Waals surface area contributed by atoms with Crippen molar-refractivity contribution < 1.29 is 39.4 Å². The van der Waals surface area contributed by atoms with Crippen LogP contribution < -0.4 is 10.0 Å². The van der Waals surface area contributed by atoms with Crippen molar-refractivity contribution in [2.75, 3.05) is 6.54 Å². The minimum absolute atomic E-state index is 0.0220. The highest BCUT2D eigenvalue weighted by molar-refractivity contribution is 7.90. The molecule has 12 nitrogen and oxygen atoms in total. The van der Waals surface area contributed by atoms with Crippen LogP contribution in [-0.2, 0) is 32.7 Å². The molecule has 2 heterocycles. The Morgan fingerprint density at radius 3 is 2.02 bits per heavy atom. The van der Waals surface area contributed by atoms with E-state index in [1.807, 2.05) is 18.6 Å². The van der Waals surface area contributed by atoms with E-state index in [-0.39, 0.29) is 21.9 Å². The maximum absolute atomic E-state index is 13.5. The molecule has 0 aliphatic carbocycles. The van der Waals surface area contributed by atoms with E-state index in [0.717, 1.165) is 22.8 Å². The Hall–Kier alpha value is -5.23. The number of aromatic amines is 1. The normalized spacial score (nSPS) is 11.9. The predicted molar refractivity (Wildman–Crippen MR) is 188 cm³/mol. The van der Waals surface area contributed by atoms with Crippen LogP contribution in [0.15, 0.2) is 107 Å². The highest BCUT2D eigenvalue weighted by Crippen LogP contribution is 2.38. The average molecular weight is 775 g/mol. The van der Waals surface area contributed by atoms with Gasteiger partial charge in [0.05, 0.1) is 31.4 Å². The van der Waals surface area contributed by atoms with Gasteiger partial charge in [0.15, 0.2) is 5.82 Å². The van der Waals surface area contributed by atoms with E-state index in [2.05, 4.69) is 20.5 Å². The molecular weight excluding hydrogens is 745 g/mol. The van der Waals surface area contributed by atoms with Gasteiger partial charge in [-0.25, -0.2) is 22.9 Å². The number of aromatic nitrogens is 4. The number of imidazole rings is 1. The molecule has 18 heteroatoms. The summed E-state index contributed by atoms with van der Waals surface area (Å²) < 4.78 is 98.3. The van der Waals surface area contributed by atoms with Crippen molar-refractivity contribution >= 4 is 48.8 Å². The van der Waals surface area contributed by atoms with Crippen molar-refractivity contribution in [2.24, 2.45) is 0 Å². The van der Waals surface area contributed by atoms with Crippen LogP contribution in [-0.4, -0.2) is 53.7 Å². The number of hydrogen-bond acceptors (Lipinski definition) is 7. The molecule has 0 bridgehead atoms. The van der Waals surface area contributed by atoms with Crippen LogP contribution in [0.1, 0.15) is 22.3 Å². The third-order valence-corrected chi connectivity index (χ3v) is 10.1. The van der Waals surface area contributed by atoms with Gasteiger partial charge in [0, 0.05) is 18.4 Å². The van der Waals surface area contributed by atoms with Crippen LogP contribution in [0.3, 0.4) is 0 Å². The first-order valence-corrected chi connectivity index (χ1v) is 18.5. The number of fused-ring (bicyclic) bond motifs is 1. The van der Waals surface area contributed by atoms with Crippen LogP contribution in [0.25, 0.3) is 28.2 Å². The Bertz CT molecular complexity index is 2420. The number of amides is 2. The fourth-order valence-electron chi connectivity index (χ4n) is 4.91. The zero-order valence-corrected chi connectivity index (χ0v) is 29.7. The van der Waals surface area contributed by atoms with Gasteiger partial charge in [0.25, 0.3) is 20.1 Å². The molecule has 6 rings (SSSR count). The lowest BCUT2D eigenvalue weighted by Gasteiger charge is -2.12. The lowest BCUT2D eigenvalue weighted by Crippen LogP contribution is -2.40. The molecule has 0 fully saturated rings. The molecule has 0 radical (unpaired) electrons. The number of rotatable bonds is 8. The molecule has 2 amide bonds. The molecule has 2 aromatic heterocycles. The minimum Gasteiger partial charge on any atom is -0.337 e. The number of carbonyl (C=O) groups excluding carboxylic acids is 1. The SMILES string of the molecule is Cc1ccc(S(=O)(=O)NC(=O)NCCc2ccc(-n3c(-c4ccn[nH]4)nc4cc(C(F)(F)F)c(Cl)cc43)cc2)cc1.Cc1ccc(S(=O)(=O)O)cc1. The number of benzene rings is 4. The monoisotopic (exact) mass is 774 g/mol. The molecule has 0 atom stereocenters. The van der Waals surface area contributed by atoms with E-state index in [9.17, 15) is 34.8 Å². The Balaban J connectivity index is 0.000000407. The lowest BCUT2D eigenvalue weighted by molar-refractivity contribution is -0.137. The summed E-state index contributed by atoms with van der Waals surface area (Å²) in [5.41, 5.74) is 3.25. The second-order valence-electron chi connectivity index (χ2n) is 11.4. The molecule has 0 unspecified atom stereocenters. The van der Waals surface area contributed by atoms with E-state index < -0.39 is 42.9 Å². The van der Waals surface area contributed by atoms with Crippen LogP contribution in [0.2, 0.25) is 5.02 Å². The first-order valence-electron chi connectivity index (χ1n) is 15.2. The molecule has 272 valence electrons. The van der Waals surface area contributed by atoms with E-state index in [1.165, 1.54) is 36.5 Å². The quantitative estimate of drug-likeness (QED) is 0.121. The molecule has 52 heavy (non-hydrogen) atoms. The van der Waals surface area contributed by atoms with Gasteiger partial charge in [-0.3, -0.25) is 14.2 Å².